The Labute approximate surface area is 148 Å². The Balaban J connectivity index is 1.76. The first-order valence-electron chi connectivity index (χ1n) is 8.66. The summed E-state index contributed by atoms with van der Waals surface area (Å²) >= 11 is 0. The number of anilines is 1. The molecule has 1 fully saturated rings. The summed E-state index contributed by atoms with van der Waals surface area (Å²) in [6.07, 6.45) is 1.04. The topological polar surface area (TPSA) is 46.6 Å². The highest BCUT2D eigenvalue weighted by molar-refractivity contribution is 6.00. The van der Waals surface area contributed by atoms with Crippen LogP contribution in [0.2, 0.25) is 0 Å². The largest absolute Gasteiger partial charge is 0.426 e. The van der Waals surface area contributed by atoms with Crippen LogP contribution in [0.3, 0.4) is 0 Å². The van der Waals surface area contributed by atoms with Gasteiger partial charge >= 0.3 is 5.97 Å². The standard InChI is InChI=1S/C21H23NO3/c1-4-16-7-5-6-8-18(16)22-13-17(12-20(22)23)21(24)25-19-11-14(2)9-10-15(19)3/h5-11,17H,4,12-13H2,1-3H3/t17-/m0/s1. The normalized spacial score (nSPS) is 17.0. The van der Waals surface area contributed by atoms with Crippen molar-refractivity contribution in [3.8, 4) is 5.75 Å². The molecular weight excluding hydrogens is 314 g/mol. The number of nitrogens with zero attached hydrogens (tertiary/aromatic N) is 1. The van der Waals surface area contributed by atoms with E-state index in [1.54, 1.807) is 4.90 Å². The molecule has 0 aliphatic carbocycles. The maximum Gasteiger partial charge on any atom is 0.316 e. The Bertz CT molecular complexity index is 813. The molecule has 1 saturated heterocycles. The lowest BCUT2D eigenvalue weighted by Crippen LogP contribution is -2.28. The van der Waals surface area contributed by atoms with E-state index in [9.17, 15) is 9.59 Å². The third-order valence-electron chi connectivity index (χ3n) is 4.68. The van der Waals surface area contributed by atoms with Crippen molar-refractivity contribution in [3.05, 3.63) is 59.2 Å². The Kier molecular flexibility index (Phi) is 4.88. The minimum Gasteiger partial charge on any atom is -0.426 e. The van der Waals surface area contributed by atoms with Crippen LogP contribution in [0.4, 0.5) is 5.69 Å². The summed E-state index contributed by atoms with van der Waals surface area (Å²) in [7, 11) is 0. The minimum absolute atomic E-state index is 0.0242. The first-order chi connectivity index (χ1) is 12.0. The predicted molar refractivity (Wildman–Crippen MR) is 97.8 cm³/mol. The summed E-state index contributed by atoms with van der Waals surface area (Å²) in [6.45, 7) is 6.30. The van der Waals surface area contributed by atoms with Gasteiger partial charge in [0.1, 0.15) is 5.75 Å². The molecule has 0 spiro atoms. The van der Waals surface area contributed by atoms with Crippen LogP contribution in [-0.2, 0) is 16.0 Å². The van der Waals surface area contributed by atoms with Crippen LogP contribution in [0.5, 0.6) is 5.75 Å². The maximum absolute atomic E-state index is 12.6. The Morgan fingerprint density at radius 2 is 1.96 bits per heavy atom. The Morgan fingerprint density at radius 3 is 2.72 bits per heavy atom. The fourth-order valence-electron chi connectivity index (χ4n) is 3.18. The number of rotatable bonds is 4. The van der Waals surface area contributed by atoms with Crippen molar-refractivity contribution in [1.29, 1.82) is 0 Å². The second-order valence-electron chi connectivity index (χ2n) is 6.58. The van der Waals surface area contributed by atoms with Gasteiger partial charge in [-0.15, -0.1) is 0 Å². The second kappa shape index (κ2) is 7.09. The Hall–Kier alpha value is -2.62. The van der Waals surface area contributed by atoms with Gasteiger partial charge in [0.25, 0.3) is 0 Å². The van der Waals surface area contributed by atoms with Gasteiger partial charge in [-0.2, -0.15) is 0 Å². The number of ether oxygens (including phenoxy) is 1. The third kappa shape index (κ3) is 3.58. The molecule has 1 amide bonds. The van der Waals surface area contributed by atoms with Crippen LogP contribution in [-0.4, -0.2) is 18.4 Å². The molecule has 2 aromatic rings. The zero-order valence-electron chi connectivity index (χ0n) is 14.9. The number of aryl methyl sites for hydroxylation is 3. The van der Waals surface area contributed by atoms with Crippen molar-refractivity contribution in [1.82, 2.24) is 0 Å². The van der Waals surface area contributed by atoms with Crippen LogP contribution in [0.15, 0.2) is 42.5 Å². The molecule has 1 heterocycles. The molecule has 25 heavy (non-hydrogen) atoms. The second-order valence-corrected chi connectivity index (χ2v) is 6.58. The summed E-state index contributed by atoms with van der Waals surface area (Å²) in [4.78, 5) is 26.7. The van der Waals surface area contributed by atoms with Crippen LogP contribution in [0.25, 0.3) is 0 Å². The smallest absolute Gasteiger partial charge is 0.316 e. The average molecular weight is 337 g/mol. The number of carbonyl (C=O) groups excluding carboxylic acids is 2. The molecule has 0 saturated carbocycles. The predicted octanol–water partition coefficient (Wildman–Crippen LogP) is 3.82. The summed E-state index contributed by atoms with van der Waals surface area (Å²) < 4.78 is 5.58. The van der Waals surface area contributed by atoms with Crippen molar-refractivity contribution in [2.45, 2.75) is 33.6 Å². The third-order valence-corrected chi connectivity index (χ3v) is 4.68. The molecular formula is C21H23NO3. The highest BCUT2D eigenvalue weighted by atomic mass is 16.5. The lowest BCUT2D eigenvalue weighted by atomic mass is 10.1. The summed E-state index contributed by atoms with van der Waals surface area (Å²) in [6, 6.07) is 13.6. The maximum atomic E-state index is 12.6. The van der Waals surface area contributed by atoms with Gasteiger partial charge in [-0.25, -0.2) is 0 Å². The number of benzene rings is 2. The monoisotopic (exact) mass is 337 g/mol. The van der Waals surface area contributed by atoms with Gasteiger partial charge in [0, 0.05) is 18.7 Å². The van der Waals surface area contributed by atoms with E-state index >= 15 is 0 Å². The van der Waals surface area contributed by atoms with E-state index in [0.717, 1.165) is 28.8 Å². The zero-order valence-corrected chi connectivity index (χ0v) is 14.9. The number of hydrogen-bond acceptors (Lipinski definition) is 3. The molecule has 0 aromatic heterocycles. The van der Waals surface area contributed by atoms with E-state index < -0.39 is 5.92 Å². The molecule has 3 rings (SSSR count). The van der Waals surface area contributed by atoms with Crippen molar-refractivity contribution in [3.63, 3.8) is 0 Å². The zero-order chi connectivity index (χ0) is 18.0. The van der Waals surface area contributed by atoms with Crippen molar-refractivity contribution < 1.29 is 14.3 Å². The van der Waals surface area contributed by atoms with Gasteiger partial charge < -0.3 is 9.64 Å². The fraction of sp³-hybridized carbons (Fsp3) is 0.333. The van der Waals surface area contributed by atoms with Crippen molar-refractivity contribution in [2.75, 3.05) is 11.4 Å². The molecule has 4 nitrogen and oxygen atoms in total. The minimum atomic E-state index is -0.433. The van der Waals surface area contributed by atoms with Crippen molar-refractivity contribution in [2.24, 2.45) is 5.92 Å². The molecule has 1 atom stereocenters. The lowest BCUT2D eigenvalue weighted by Gasteiger charge is -2.19. The van der Waals surface area contributed by atoms with Crippen LogP contribution in [0.1, 0.15) is 30.0 Å². The molecule has 0 N–H and O–H groups in total. The van der Waals surface area contributed by atoms with Crippen molar-refractivity contribution >= 4 is 17.6 Å². The fourth-order valence-corrected chi connectivity index (χ4v) is 3.18. The average Bonchev–Trinajstić information content (AvgIpc) is 3.00. The summed E-state index contributed by atoms with van der Waals surface area (Å²) in [5.41, 5.74) is 3.96. The first-order valence-corrected chi connectivity index (χ1v) is 8.66. The molecule has 1 aliphatic rings. The highest BCUT2D eigenvalue weighted by Crippen LogP contribution is 2.30. The van der Waals surface area contributed by atoms with Crippen LogP contribution in [0, 0.1) is 19.8 Å². The van der Waals surface area contributed by atoms with E-state index in [4.69, 9.17) is 4.74 Å². The number of para-hydroxylation sites is 1. The van der Waals surface area contributed by atoms with E-state index in [1.165, 1.54) is 0 Å². The van der Waals surface area contributed by atoms with Gasteiger partial charge in [0.2, 0.25) is 5.91 Å². The molecule has 0 bridgehead atoms. The van der Waals surface area contributed by atoms with Gasteiger partial charge in [0.05, 0.1) is 5.92 Å². The highest BCUT2D eigenvalue weighted by Gasteiger charge is 2.37. The van der Waals surface area contributed by atoms with Crippen LogP contribution >= 0.6 is 0 Å². The molecule has 2 aromatic carbocycles. The molecule has 0 unspecified atom stereocenters. The summed E-state index contributed by atoms with van der Waals surface area (Å²) in [5.74, 6) is -0.218. The van der Waals surface area contributed by atoms with Gasteiger partial charge in [-0.05, 0) is 49.1 Å². The van der Waals surface area contributed by atoms with E-state index in [2.05, 4.69) is 6.92 Å². The van der Waals surface area contributed by atoms with E-state index in [-0.39, 0.29) is 18.3 Å². The lowest BCUT2D eigenvalue weighted by molar-refractivity contribution is -0.139. The van der Waals surface area contributed by atoms with Gasteiger partial charge in [0.15, 0.2) is 0 Å². The number of hydrogen-bond donors (Lipinski definition) is 0. The number of carbonyl (C=O) groups is 2. The Morgan fingerprint density at radius 1 is 1.20 bits per heavy atom. The van der Waals surface area contributed by atoms with E-state index in [0.29, 0.717) is 12.3 Å². The quantitative estimate of drug-likeness (QED) is 0.629. The van der Waals surface area contributed by atoms with E-state index in [1.807, 2.05) is 56.3 Å². The molecule has 1 aliphatic heterocycles. The van der Waals surface area contributed by atoms with Gasteiger partial charge in [-0.1, -0.05) is 37.3 Å². The molecule has 4 heteroatoms. The molecule has 130 valence electrons. The van der Waals surface area contributed by atoms with Gasteiger partial charge in [-0.3, -0.25) is 9.59 Å². The number of amides is 1. The number of esters is 1. The summed E-state index contributed by atoms with van der Waals surface area (Å²) in [5, 5.41) is 0. The first kappa shape index (κ1) is 17.2. The van der Waals surface area contributed by atoms with Crippen LogP contribution < -0.4 is 9.64 Å². The SMILES string of the molecule is CCc1ccccc1N1C[C@@H](C(=O)Oc2cc(C)ccc2C)CC1=O. The molecule has 0 radical (unpaired) electrons.